The molecule has 1 aliphatic rings. The van der Waals surface area contributed by atoms with Crippen molar-refractivity contribution in [2.75, 3.05) is 0 Å². The molecule has 5 heteroatoms. The molecule has 1 N–H and O–H groups in total. The summed E-state index contributed by atoms with van der Waals surface area (Å²) in [6.07, 6.45) is -0.452. The number of benzene rings is 8. The lowest BCUT2D eigenvalue weighted by Gasteiger charge is -2.25. The number of amidine groups is 2. The molecular formula is C49H31N3O2. The fraction of sp³-hybridized carbons (Fsp3) is 0.0204. The van der Waals surface area contributed by atoms with Crippen molar-refractivity contribution in [3.63, 3.8) is 0 Å². The van der Waals surface area contributed by atoms with E-state index in [0.717, 1.165) is 88.5 Å². The summed E-state index contributed by atoms with van der Waals surface area (Å²) in [6, 6.07) is 60.9. The van der Waals surface area contributed by atoms with Gasteiger partial charge in [-0.2, -0.15) is 0 Å². The van der Waals surface area contributed by atoms with E-state index >= 15 is 0 Å². The van der Waals surface area contributed by atoms with Crippen molar-refractivity contribution >= 4 is 66.3 Å². The second-order valence-corrected chi connectivity index (χ2v) is 13.8. The molecule has 8 aromatic carbocycles. The first kappa shape index (κ1) is 30.4. The fourth-order valence-corrected chi connectivity index (χ4v) is 7.92. The summed E-state index contributed by atoms with van der Waals surface area (Å²) in [5.41, 5.74) is 10.5. The highest BCUT2D eigenvalue weighted by molar-refractivity contribution is 6.17. The summed E-state index contributed by atoms with van der Waals surface area (Å²) >= 11 is 0. The molecule has 5 nitrogen and oxygen atoms in total. The number of aliphatic imine (C=N–C) groups is 2. The molecule has 54 heavy (non-hydrogen) atoms. The summed E-state index contributed by atoms with van der Waals surface area (Å²) < 4.78 is 13.3. The molecule has 0 aliphatic carbocycles. The SMILES string of the molecule is c1ccc(-c2ccc(C3=NC(c4ccc5ccccc5c4)=NC(c4ccc(-c5cccc6c5oc5ccccc56)c5oc6ccccc6c45)N3)cc2)cc1. The van der Waals surface area contributed by atoms with E-state index in [1.165, 1.54) is 10.9 Å². The van der Waals surface area contributed by atoms with Gasteiger partial charge >= 0.3 is 0 Å². The van der Waals surface area contributed by atoms with E-state index in [1.54, 1.807) is 0 Å². The van der Waals surface area contributed by atoms with Crippen molar-refractivity contribution in [2.24, 2.45) is 9.98 Å². The number of nitrogens with one attached hydrogen (secondary N) is 1. The Balaban J connectivity index is 1.10. The first-order valence-corrected chi connectivity index (χ1v) is 18.2. The molecule has 0 saturated carbocycles. The maximum absolute atomic E-state index is 6.77. The molecule has 1 aliphatic heterocycles. The lowest BCUT2D eigenvalue weighted by atomic mass is 9.95. The molecule has 2 aromatic heterocycles. The number of rotatable bonds is 5. The van der Waals surface area contributed by atoms with E-state index in [0.29, 0.717) is 5.84 Å². The standard InChI is InChI=1S/C49H31N3O2/c1-2-11-30(12-3-1)32-21-24-33(25-22-32)47-50-48(35-26-23-31-13-4-5-14-34(31)29-35)52-49(51-47)41-28-27-39(46-44(41)40-16-7-9-20-43(40)54-46)38-18-10-17-37-36-15-6-8-19-42(36)53-45(37)38/h1-29,49H,(H,50,51,52). The molecule has 0 radical (unpaired) electrons. The second kappa shape index (κ2) is 12.2. The van der Waals surface area contributed by atoms with Gasteiger partial charge in [0.2, 0.25) is 0 Å². The van der Waals surface area contributed by atoms with Crippen molar-refractivity contribution in [3.8, 4) is 22.3 Å². The largest absolute Gasteiger partial charge is 0.455 e. The van der Waals surface area contributed by atoms with Crippen LogP contribution in [-0.4, -0.2) is 11.7 Å². The van der Waals surface area contributed by atoms with Crippen LogP contribution in [0.15, 0.2) is 195 Å². The zero-order valence-corrected chi connectivity index (χ0v) is 29.0. The third kappa shape index (κ3) is 4.94. The van der Waals surface area contributed by atoms with Gasteiger partial charge in [0.05, 0.1) is 0 Å². The zero-order valence-electron chi connectivity index (χ0n) is 29.0. The summed E-state index contributed by atoms with van der Waals surface area (Å²) in [5.74, 6) is 1.43. The normalized spacial score (nSPS) is 14.5. The number of furan rings is 2. The van der Waals surface area contributed by atoms with E-state index in [2.05, 4.69) is 151 Å². The van der Waals surface area contributed by atoms with Crippen LogP contribution in [0, 0.1) is 0 Å². The predicted octanol–water partition coefficient (Wildman–Crippen LogP) is 12.5. The van der Waals surface area contributed by atoms with Gasteiger partial charge in [-0.1, -0.05) is 158 Å². The van der Waals surface area contributed by atoms with Gasteiger partial charge in [-0.3, -0.25) is 0 Å². The van der Waals surface area contributed by atoms with Gasteiger partial charge in [0, 0.05) is 49.4 Å². The topological polar surface area (TPSA) is 63.0 Å². The number of hydrogen-bond donors (Lipinski definition) is 1. The van der Waals surface area contributed by atoms with Crippen LogP contribution in [0.3, 0.4) is 0 Å². The number of nitrogens with zero attached hydrogens (tertiary/aromatic N) is 2. The quantitative estimate of drug-likeness (QED) is 0.195. The van der Waals surface area contributed by atoms with Crippen LogP contribution in [0.5, 0.6) is 0 Å². The van der Waals surface area contributed by atoms with Gasteiger partial charge in [0.25, 0.3) is 0 Å². The van der Waals surface area contributed by atoms with Crippen LogP contribution in [0.1, 0.15) is 22.9 Å². The minimum absolute atomic E-state index is 0.452. The monoisotopic (exact) mass is 693 g/mol. The molecule has 0 saturated heterocycles. The number of fused-ring (bicyclic) bond motifs is 7. The lowest BCUT2D eigenvalue weighted by Crippen LogP contribution is -2.33. The molecular weight excluding hydrogens is 663 g/mol. The molecule has 254 valence electrons. The smallest absolute Gasteiger partial charge is 0.159 e. The highest BCUT2D eigenvalue weighted by Crippen LogP contribution is 2.44. The van der Waals surface area contributed by atoms with E-state index < -0.39 is 6.17 Å². The molecule has 0 spiro atoms. The molecule has 11 rings (SSSR count). The van der Waals surface area contributed by atoms with Crippen molar-refractivity contribution in [2.45, 2.75) is 6.17 Å². The average Bonchev–Trinajstić information content (AvgIpc) is 3.83. The van der Waals surface area contributed by atoms with Gasteiger partial charge in [0.1, 0.15) is 34.3 Å². The number of para-hydroxylation sites is 3. The summed E-state index contributed by atoms with van der Waals surface area (Å²) in [4.78, 5) is 10.5. The Morgan fingerprint density at radius 2 is 1.07 bits per heavy atom. The van der Waals surface area contributed by atoms with E-state index in [-0.39, 0.29) is 0 Å². The lowest BCUT2D eigenvalue weighted by molar-refractivity contribution is 0.661. The Labute approximate surface area is 310 Å². The Morgan fingerprint density at radius 3 is 1.93 bits per heavy atom. The third-order valence-corrected chi connectivity index (χ3v) is 10.6. The highest BCUT2D eigenvalue weighted by Gasteiger charge is 2.27. The molecule has 0 fully saturated rings. The van der Waals surface area contributed by atoms with Gasteiger partial charge < -0.3 is 14.2 Å². The molecule has 3 heterocycles. The van der Waals surface area contributed by atoms with Crippen LogP contribution in [0.25, 0.3) is 76.9 Å². The van der Waals surface area contributed by atoms with Crippen LogP contribution in [0.2, 0.25) is 0 Å². The number of hydrogen-bond acceptors (Lipinski definition) is 5. The van der Waals surface area contributed by atoms with Crippen molar-refractivity contribution in [3.05, 3.63) is 193 Å². The Bertz CT molecular complexity index is 3130. The minimum atomic E-state index is -0.452. The Hall–Kier alpha value is -7.24. The van der Waals surface area contributed by atoms with Crippen LogP contribution < -0.4 is 5.32 Å². The minimum Gasteiger partial charge on any atom is -0.455 e. The molecule has 1 unspecified atom stereocenters. The van der Waals surface area contributed by atoms with Crippen LogP contribution >= 0.6 is 0 Å². The third-order valence-electron chi connectivity index (χ3n) is 10.6. The van der Waals surface area contributed by atoms with Crippen molar-refractivity contribution in [1.29, 1.82) is 0 Å². The summed E-state index contributed by atoms with van der Waals surface area (Å²) in [6.45, 7) is 0. The predicted molar refractivity (Wildman–Crippen MR) is 221 cm³/mol. The molecule has 10 aromatic rings. The Kier molecular flexibility index (Phi) is 6.85. The van der Waals surface area contributed by atoms with Crippen molar-refractivity contribution < 1.29 is 8.83 Å². The first-order valence-electron chi connectivity index (χ1n) is 18.2. The van der Waals surface area contributed by atoms with Crippen molar-refractivity contribution in [1.82, 2.24) is 5.32 Å². The molecule has 1 atom stereocenters. The van der Waals surface area contributed by atoms with E-state index in [4.69, 9.17) is 18.8 Å². The van der Waals surface area contributed by atoms with Crippen LogP contribution in [0.4, 0.5) is 0 Å². The van der Waals surface area contributed by atoms with Gasteiger partial charge in [0.15, 0.2) is 5.84 Å². The Morgan fingerprint density at radius 1 is 0.444 bits per heavy atom. The van der Waals surface area contributed by atoms with Gasteiger partial charge in [-0.25, -0.2) is 9.98 Å². The van der Waals surface area contributed by atoms with Gasteiger partial charge in [-0.15, -0.1) is 0 Å². The maximum atomic E-state index is 6.77. The molecule has 0 bridgehead atoms. The summed E-state index contributed by atoms with van der Waals surface area (Å²) in [5, 5.41) is 10.3. The first-order chi connectivity index (χ1) is 26.7. The second-order valence-electron chi connectivity index (χ2n) is 13.8. The summed E-state index contributed by atoms with van der Waals surface area (Å²) in [7, 11) is 0. The van der Waals surface area contributed by atoms with E-state index in [1.807, 2.05) is 30.3 Å². The zero-order chi connectivity index (χ0) is 35.6. The fourth-order valence-electron chi connectivity index (χ4n) is 7.92. The van der Waals surface area contributed by atoms with Gasteiger partial charge in [-0.05, 0) is 40.1 Å². The molecule has 0 amide bonds. The van der Waals surface area contributed by atoms with E-state index in [9.17, 15) is 0 Å². The van der Waals surface area contributed by atoms with Crippen LogP contribution in [-0.2, 0) is 0 Å². The highest BCUT2D eigenvalue weighted by atomic mass is 16.3. The maximum Gasteiger partial charge on any atom is 0.159 e. The average molecular weight is 694 g/mol.